The molecule has 0 aliphatic rings. The molecule has 18 heavy (non-hydrogen) atoms. The van der Waals surface area contributed by atoms with Crippen LogP contribution in [0.3, 0.4) is 0 Å². The molecule has 0 heterocycles. The van der Waals surface area contributed by atoms with Gasteiger partial charge in [-0.25, -0.2) is 0 Å². The molecule has 100 valence electrons. The molecule has 0 fully saturated rings. The molecule has 2 nitrogen and oxygen atoms in total. The van der Waals surface area contributed by atoms with Crippen molar-refractivity contribution in [2.24, 2.45) is 0 Å². The van der Waals surface area contributed by atoms with Gasteiger partial charge in [-0.2, -0.15) is 13.2 Å². The molecule has 1 aromatic carbocycles. The van der Waals surface area contributed by atoms with Crippen molar-refractivity contribution >= 4 is 5.97 Å². The minimum atomic E-state index is -4.55. The molecule has 0 saturated heterocycles. The minimum absolute atomic E-state index is 0.408. The summed E-state index contributed by atoms with van der Waals surface area (Å²) < 4.78 is 43.2. The van der Waals surface area contributed by atoms with Crippen LogP contribution in [0.5, 0.6) is 5.75 Å². The van der Waals surface area contributed by atoms with Crippen molar-refractivity contribution < 1.29 is 22.7 Å². The lowest BCUT2D eigenvalue weighted by atomic mass is 9.86. The number of halogens is 3. The standard InChI is InChI=1S/C13H15F3O2/c1-8(17)18-11-6-5-9(12(2,3)4)7-10(11)13(14,15)16/h5-7H,1-4H3. The molecule has 0 radical (unpaired) electrons. The highest BCUT2D eigenvalue weighted by atomic mass is 19.4. The molecule has 0 unspecified atom stereocenters. The van der Waals surface area contributed by atoms with Gasteiger partial charge in [0, 0.05) is 6.92 Å². The van der Waals surface area contributed by atoms with Crippen molar-refractivity contribution in [1.82, 2.24) is 0 Å². The normalized spacial score (nSPS) is 12.4. The first-order valence-corrected chi connectivity index (χ1v) is 5.42. The van der Waals surface area contributed by atoms with E-state index in [0.717, 1.165) is 13.0 Å². The van der Waals surface area contributed by atoms with Crippen molar-refractivity contribution in [1.29, 1.82) is 0 Å². The van der Waals surface area contributed by atoms with E-state index in [1.54, 1.807) is 0 Å². The third kappa shape index (κ3) is 3.48. The van der Waals surface area contributed by atoms with Gasteiger partial charge in [0.05, 0.1) is 5.56 Å². The van der Waals surface area contributed by atoms with Gasteiger partial charge in [0.2, 0.25) is 0 Å². The predicted molar refractivity (Wildman–Crippen MR) is 61.5 cm³/mol. The maximum atomic E-state index is 12.9. The fourth-order valence-electron chi connectivity index (χ4n) is 1.46. The zero-order chi connectivity index (χ0) is 14.1. The van der Waals surface area contributed by atoms with E-state index in [4.69, 9.17) is 0 Å². The Balaban J connectivity index is 3.34. The summed E-state index contributed by atoms with van der Waals surface area (Å²) >= 11 is 0. The van der Waals surface area contributed by atoms with Crippen LogP contribution in [0.2, 0.25) is 0 Å². The first-order valence-electron chi connectivity index (χ1n) is 5.42. The number of benzene rings is 1. The summed E-state index contributed by atoms with van der Waals surface area (Å²) in [5.41, 5.74) is -0.801. The molecule has 0 aromatic heterocycles. The molecule has 1 aromatic rings. The van der Waals surface area contributed by atoms with E-state index in [0.29, 0.717) is 5.56 Å². The molecule has 0 spiro atoms. The highest BCUT2D eigenvalue weighted by Crippen LogP contribution is 2.38. The molecule has 0 saturated carbocycles. The number of alkyl halides is 3. The van der Waals surface area contributed by atoms with Crippen LogP contribution in [0.1, 0.15) is 38.8 Å². The van der Waals surface area contributed by atoms with E-state index in [-0.39, 0.29) is 0 Å². The first-order chi connectivity index (χ1) is 8.01. The Labute approximate surface area is 104 Å². The summed E-state index contributed by atoms with van der Waals surface area (Å²) in [6, 6.07) is 3.75. The van der Waals surface area contributed by atoms with E-state index >= 15 is 0 Å². The van der Waals surface area contributed by atoms with Gasteiger partial charge in [-0.15, -0.1) is 0 Å². The SMILES string of the molecule is CC(=O)Oc1ccc(C(C)(C)C)cc1C(F)(F)F. The molecule has 0 amide bonds. The van der Waals surface area contributed by atoms with Crippen LogP contribution in [-0.4, -0.2) is 5.97 Å². The van der Waals surface area contributed by atoms with Gasteiger partial charge in [0.1, 0.15) is 5.75 Å². The van der Waals surface area contributed by atoms with Crippen LogP contribution in [-0.2, 0) is 16.4 Å². The van der Waals surface area contributed by atoms with E-state index in [9.17, 15) is 18.0 Å². The van der Waals surface area contributed by atoms with Crippen LogP contribution in [0.4, 0.5) is 13.2 Å². The van der Waals surface area contributed by atoms with Crippen LogP contribution < -0.4 is 4.74 Å². The first kappa shape index (κ1) is 14.5. The van der Waals surface area contributed by atoms with Crippen molar-refractivity contribution in [3.63, 3.8) is 0 Å². The van der Waals surface area contributed by atoms with E-state index < -0.39 is 28.9 Å². The van der Waals surface area contributed by atoms with E-state index in [1.165, 1.54) is 12.1 Å². The van der Waals surface area contributed by atoms with Crippen molar-refractivity contribution in [2.75, 3.05) is 0 Å². The van der Waals surface area contributed by atoms with Crippen LogP contribution in [0, 0.1) is 0 Å². The number of esters is 1. The fourth-order valence-corrected chi connectivity index (χ4v) is 1.46. The fraction of sp³-hybridized carbons (Fsp3) is 0.462. The Bertz CT molecular complexity index is 456. The highest BCUT2D eigenvalue weighted by Gasteiger charge is 2.36. The second kappa shape index (κ2) is 4.63. The zero-order valence-corrected chi connectivity index (χ0v) is 10.7. The molecule has 1 rings (SSSR count). The predicted octanol–water partition coefficient (Wildman–Crippen LogP) is 3.93. The quantitative estimate of drug-likeness (QED) is 0.565. The van der Waals surface area contributed by atoms with Gasteiger partial charge in [-0.05, 0) is 23.1 Å². The maximum Gasteiger partial charge on any atom is 0.419 e. The molecule has 0 bridgehead atoms. The maximum absolute atomic E-state index is 12.9. The molecular weight excluding hydrogens is 245 g/mol. The van der Waals surface area contributed by atoms with Crippen LogP contribution in [0.25, 0.3) is 0 Å². The second-order valence-electron chi connectivity index (χ2n) is 5.05. The summed E-state index contributed by atoms with van der Waals surface area (Å²) in [4.78, 5) is 10.8. The lowest BCUT2D eigenvalue weighted by Gasteiger charge is -2.21. The second-order valence-corrected chi connectivity index (χ2v) is 5.05. The van der Waals surface area contributed by atoms with Gasteiger partial charge in [0.25, 0.3) is 0 Å². The van der Waals surface area contributed by atoms with Gasteiger partial charge >= 0.3 is 12.1 Å². The largest absolute Gasteiger partial charge is 0.426 e. The number of hydrogen-bond acceptors (Lipinski definition) is 2. The number of hydrogen-bond donors (Lipinski definition) is 0. The third-order valence-corrected chi connectivity index (χ3v) is 2.40. The average molecular weight is 260 g/mol. The summed E-state index contributed by atoms with van der Waals surface area (Å²) in [7, 11) is 0. The smallest absolute Gasteiger partial charge is 0.419 e. The van der Waals surface area contributed by atoms with Gasteiger partial charge in [0.15, 0.2) is 0 Å². The van der Waals surface area contributed by atoms with Crippen molar-refractivity contribution in [2.45, 2.75) is 39.3 Å². The highest BCUT2D eigenvalue weighted by molar-refractivity contribution is 5.70. The number of carbonyl (C=O) groups excluding carboxylic acids is 1. The van der Waals surface area contributed by atoms with Crippen LogP contribution in [0.15, 0.2) is 18.2 Å². The number of carbonyl (C=O) groups is 1. The molecule has 5 heteroatoms. The Morgan fingerprint density at radius 1 is 1.17 bits per heavy atom. The lowest BCUT2D eigenvalue weighted by molar-refractivity contribution is -0.141. The minimum Gasteiger partial charge on any atom is -0.426 e. The lowest BCUT2D eigenvalue weighted by Crippen LogP contribution is -2.16. The van der Waals surface area contributed by atoms with Crippen molar-refractivity contribution in [3.05, 3.63) is 29.3 Å². The Hall–Kier alpha value is -1.52. The molecular formula is C13H15F3O2. The zero-order valence-electron chi connectivity index (χ0n) is 10.7. The van der Waals surface area contributed by atoms with Crippen LogP contribution >= 0.6 is 0 Å². The van der Waals surface area contributed by atoms with E-state index in [1.807, 2.05) is 20.8 Å². The molecule has 0 aliphatic heterocycles. The average Bonchev–Trinajstić information content (AvgIpc) is 2.13. The molecule has 0 aliphatic carbocycles. The number of rotatable bonds is 1. The molecule has 0 N–H and O–H groups in total. The van der Waals surface area contributed by atoms with Gasteiger partial charge in [-0.1, -0.05) is 26.8 Å². The summed E-state index contributed by atoms with van der Waals surface area (Å²) in [6.45, 7) is 6.51. The van der Waals surface area contributed by atoms with Gasteiger partial charge < -0.3 is 4.74 Å². The summed E-state index contributed by atoms with van der Waals surface area (Å²) in [6.07, 6.45) is -4.55. The summed E-state index contributed by atoms with van der Waals surface area (Å²) in [5.74, 6) is -1.23. The molecule has 0 atom stereocenters. The topological polar surface area (TPSA) is 26.3 Å². The monoisotopic (exact) mass is 260 g/mol. The Morgan fingerprint density at radius 3 is 2.11 bits per heavy atom. The third-order valence-electron chi connectivity index (χ3n) is 2.40. The summed E-state index contributed by atoms with van der Waals surface area (Å²) in [5, 5.41) is 0. The Kier molecular flexibility index (Phi) is 3.74. The van der Waals surface area contributed by atoms with E-state index in [2.05, 4.69) is 4.74 Å². The Morgan fingerprint density at radius 2 is 1.72 bits per heavy atom. The van der Waals surface area contributed by atoms with Crippen molar-refractivity contribution in [3.8, 4) is 5.75 Å². The number of ether oxygens (including phenoxy) is 1. The van der Waals surface area contributed by atoms with Gasteiger partial charge in [-0.3, -0.25) is 4.79 Å².